The lowest BCUT2D eigenvalue weighted by atomic mass is 10.1. The van der Waals surface area contributed by atoms with E-state index in [-0.39, 0.29) is 0 Å². The van der Waals surface area contributed by atoms with Crippen molar-refractivity contribution >= 4 is 46.4 Å². The Morgan fingerprint density at radius 1 is 1.23 bits per heavy atom. The first-order valence-corrected chi connectivity index (χ1v) is 5.02. The molecular weight excluding hydrogens is 252 g/mol. The number of halogens is 4. The Labute approximate surface area is 96.7 Å². The molecule has 72 valence electrons. The molecule has 1 aromatic carbocycles. The molecule has 0 unspecified atom stereocenters. The topological polar surface area (TPSA) is 26.0 Å². The molecule has 1 nitrogen and oxygen atoms in total. The summed E-state index contributed by atoms with van der Waals surface area (Å²) < 4.78 is -1.42. The normalized spacial score (nSPS) is 11.8. The highest BCUT2D eigenvalue weighted by atomic mass is 35.6. The number of benzene rings is 1. The van der Waals surface area contributed by atoms with Crippen LogP contribution in [0.3, 0.4) is 0 Å². The van der Waals surface area contributed by atoms with Gasteiger partial charge in [-0.1, -0.05) is 52.5 Å². The Morgan fingerprint density at radius 3 is 2.31 bits per heavy atom. The average Bonchev–Trinajstić information content (AvgIpc) is 2.03. The maximum atomic E-state index is 5.84. The van der Waals surface area contributed by atoms with Crippen LogP contribution in [0.5, 0.6) is 0 Å². The number of hydrogen-bond donors (Lipinski definition) is 1. The largest absolute Gasteiger partial charge is 0.326 e. The smallest absolute Gasteiger partial charge is 0.216 e. The minimum Gasteiger partial charge on any atom is -0.326 e. The van der Waals surface area contributed by atoms with Crippen LogP contribution >= 0.6 is 46.4 Å². The Balaban J connectivity index is 3.14. The van der Waals surface area contributed by atoms with Crippen LogP contribution in [-0.2, 0) is 10.3 Å². The highest BCUT2D eigenvalue weighted by Gasteiger charge is 2.23. The van der Waals surface area contributed by atoms with Crippen molar-refractivity contribution in [3.63, 3.8) is 0 Å². The molecule has 0 spiro atoms. The van der Waals surface area contributed by atoms with E-state index in [2.05, 4.69) is 0 Å². The molecule has 0 amide bonds. The molecule has 1 rings (SSSR count). The van der Waals surface area contributed by atoms with Crippen molar-refractivity contribution in [2.45, 2.75) is 10.3 Å². The predicted molar refractivity (Wildman–Crippen MR) is 58.6 cm³/mol. The fraction of sp³-hybridized carbons (Fsp3) is 0.250. The number of hydrogen-bond acceptors (Lipinski definition) is 1. The molecule has 0 aliphatic carbocycles. The van der Waals surface area contributed by atoms with Gasteiger partial charge in [0.2, 0.25) is 3.79 Å². The van der Waals surface area contributed by atoms with Crippen LogP contribution in [0, 0.1) is 0 Å². The maximum absolute atomic E-state index is 5.84. The predicted octanol–water partition coefficient (Wildman–Crippen LogP) is 3.63. The Morgan fingerprint density at radius 2 is 1.85 bits per heavy atom. The third kappa shape index (κ3) is 2.90. The summed E-state index contributed by atoms with van der Waals surface area (Å²) in [4.78, 5) is 0. The summed E-state index contributed by atoms with van der Waals surface area (Å²) in [5, 5.41) is 0.584. The third-order valence-electron chi connectivity index (χ3n) is 1.59. The van der Waals surface area contributed by atoms with Gasteiger partial charge in [0.25, 0.3) is 0 Å². The van der Waals surface area contributed by atoms with Gasteiger partial charge < -0.3 is 5.73 Å². The monoisotopic (exact) mass is 257 g/mol. The van der Waals surface area contributed by atoms with E-state index in [4.69, 9.17) is 52.1 Å². The van der Waals surface area contributed by atoms with Gasteiger partial charge in [0, 0.05) is 17.1 Å². The molecule has 0 radical (unpaired) electrons. The molecule has 1 aromatic rings. The van der Waals surface area contributed by atoms with E-state index in [1.165, 1.54) is 0 Å². The van der Waals surface area contributed by atoms with Gasteiger partial charge >= 0.3 is 0 Å². The molecule has 0 aromatic heterocycles. The summed E-state index contributed by atoms with van der Waals surface area (Å²) in [5.41, 5.74) is 6.79. The number of nitrogens with two attached hydrogens (primary N) is 1. The van der Waals surface area contributed by atoms with E-state index in [1.807, 2.05) is 0 Å². The first-order valence-electron chi connectivity index (χ1n) is 3.51. The van der Waals surface area contributed by atoms with Crippen molar-refractivity contribution in [3.8, 4) is 0 Å². The molecule has 0 saturated heterocycles. The van der Waals surface area contributed by atoms with Crippen LogP contribution in [0.25, 0.3) is 0 Å². The fourth-order valence-corrected chi connectivity index (χ4v) is 1.45. The second kappa shape index (κ2) is 4.24. The van der Waals surface area contributed by atoms with Crippen molar-refractivity contribution in [1.29, 1.82) is 0 Å². The van der Waals surface area contributed by atoms with Gasteiger partial charge in [-0.2, -0.15) is 0 Å². The van der Waals surface area contributed by atoms with E-state index in [9.17, 15) is 0 Å². The number of rotatable bonds is 1. The number of alkyl halides is 3. The van der Waals surface area contributed by atoms with Crippen LogP contribution in [0.2, 0.25) is 5.02 Å². The Hall–Kier alpha value is 0.340. The SMILES string of the molecule is NCc1cc(C(Cl)(Cl)Cl)ccc1Cl. The van der Waals surface area contributed by atoms with E-state index >= 15 is 0 Å². The first kappa shape index (κ1) is 11.4. The van der Waals surface area contributed by atoms with Crippen LogP contribution in [-0.4, -0.2) is 0 Å². The second-order valence-corrected chi connectivity index (χ2v) is 5.20. The van der Waals surface area contributed by atoms with Gasteiger partial charge in [-0.05, 0) is 17.7 Å². The summed E-state index contributed by atoms with van der Waals surface area (Å²) in [6.45, 7) is 0.327. The van der Waals surface area contributed by atoms with Crippen LogP contribution < -0.4 is 5.73 Å². The third-order valence-corrected chi connectivity index (χ3v) is 2.62. The molecule has 0 bridgehead atoms. The van der Waals surface area contributed by atoms with Gasteiger partial charge in [0.05, 0.1) is 0 Å². The molecule has 0 heterocycles. The standard InChI is InChI=1S/C8H7Cl4N/c9-7-2-1-6(8(10,11)12)3-5(7)4-13/h1-3H,4,13H2. The summed E-state index contributed by atoms with van der Waals surface area (Å²) in [7, 11) is 0. The van der Waals surface area contributed by atoms with Crippen LogP contribution in [0.4, 0.5) is 0 Å². The zero-order valence-corrected chi connectivity index (χ0v) is 9.55. The summed E-state index contributed by atoms with van der Waals surface area (Å²) in [6, 6.07) is 5.02. The van der Waals surface area contributed by atoms with Gasteiger partial charge in [0.1, 0.15) is 0 Å². The van der Waals surface area contributed by atoms with Crippen LogP contribution in [0.1, 0.15) is 11.1 Å². The van der Waals surface area contributed by atoms with Gasteiger partial charge in [-0.25, -0.2) is 0 Å². The van der Waals surface area contributed by atoms with Gasteiger partial charge in [0.15, 0.2) is 0 Å². The van der Waals surface area contributed by atoms with E-state index in [0.717, 1.165) is 5.56 Å². The highest BCUT2D eigenvalue weighted by Crippen LogP contribution is 2.39. The zero-order chi connectivity index (χ0) is 10.1. The molecule has 2 N–H and O–H groups in total. The fourth-order valence-electron chi connectivity index (χ4n) is 0.907. The summed E-state index contributed by atoms with van der Waals surface area (Å²) >= 11 is 22.9. The lowest BCUT2D eigenvalue weighted by Crippen LogP contribution is -2.03. The minimum absolute atomic E-state index is 0.327. The quantitative estimate of drug-likeness (QED) is 0.765. The molecule has 5 heteroatoms. The molecular formula is C8H7Cl4N. The lowest BCUT2D eigenvalue weighted by Gasteiger charge is -2.12. The highest BCUT2D eigenvalue weighted by molar-refractivity contribution is 6.66. The minimum atomic E-state index is -1.42. The van der Waals surface area contributed by atoms with E-state index < -0.39 is 3.79 Å². The molecule has 0 fully saturated rings. The molecule has 0 aliphatic heterocycles. The van der Waals surface area contributed by atoms with Crippen molar-refractivity contribution in [3.05, 3.63) is 34.3 Å². The van der Waals surface area contributed by atoms with E-state index in [0.29, 0.717) is 17.1 Å². The van der Waals surface area contributed by atoms with Gasteiger partial charge in [-0.15, -0.1) is 0 Å². The van der Waals surface area contributed by atoms with Crippen LogP contribution in [0.15, 0.2) is 18.2 Å². The molecule has 0 atom stereocenters. The van der Waals surface area contributed by atoms with Gasteiger partial charge in [-0.3, -0.25) is 0 Å². The molecule has 0 aliphatic rings. The van der Waals surface area contributed by atoms with Crippen molar-refractivity contribution < 1.29 is 0 Å². The lowest BCUT2D eigenvalue weighted by molar-refractivity contribution is 1.06. The summed E-state index contributed by atoms with van der Waals surface area (Å²) in [6.07, 6.45) is 0. The summed E-state index contributed by atoms with van der Waals surface area (Å²) in [5.74, 6) is 0. The second-order valence-electron chi connectivity index (χ2n) is 2.51. The Bertz CT molecular complexity index is 306. The van der Waals surface area contributed by atoms with Crippen molar-refractivity contribution in [1.82, 2.24) is 0 Å². The molecule has 0 saturated carbocycles. The first-order chi connectivity index (χ1) is 5.95. The maximum Gasteiger partial charge on any atom is 0.216 e. The van der Waals surface area contributed by atoms with E-state index in [1.54, 1.807) is 18.2 Å². The zero-order valence-electron chi connectivity index (χ0n) is 6.53. The molecule has 13 heavy (non-hydrogen) atoms. The van der Waals surface area contributed by atoms with Crippen molar-refractivity contribution in [2.24, 2.45) is 5.73 Å². The average molecular weight is 259 g/mol. The Kier molecular flexibility index (Phi) is 3.73. The van der Waals surface area contributed by atoms with Crippen molar-refractivity contribution in [2.75, 3.05) is 0 Å².